The predicted octanol–water partition coefficient (Wildman–Crippen LogP) is 5.12. The maximum absolute atomic E-state index is 10.5. The minimum absolute atomic E-state index is 0.240. The normalized spacial score (nSPS) is 15.7. The van der Waals surface area contributed by atoms with E-state index in [4.69, 9.17) is 4.74 Å². The second kappa shape index (κ2) is 7.52. The molecule has 0 spiro atoms. The summed E-state index contributed by atoms with van der Waals surface area (Å²) < 4.78 is 5.88. The highest BCUT2D eigenvalue weighted by molar-refractivity contribution is 7.13. The van der Waals surface area contributed by atoms with Crippen LogP contribution in [0.1, 0.15) is 24.0 Å². The van der Waals surface area contributed by atoms with E-state index in [-0.39, 0.29) is 5.75 Å². The molecule has 0 aliphatic carbocycles. The maximum Gasteiger partial charge on any atom is 0.165 e. The highest BCUT2D eigenvalue weighted by Gasteiger charge is 2.21. The van der Waals surface area contributed by atoms with Crippen LogP contribution < -0.4 is 4.74 Å². The molecule has 0 saturated heterocycles. The molecule has 134 valence electrons. The Morgan fingerprint density at radius 3 is 2.77 bits per heavy atom. The first-order valence-corrected chi connectivity index (χ1v) is 9.88. The van der Waals surface area contributed by atoms with Gasteiger partial charge in [-0.25, -0.2) is 0 Å². The molecule has 2 heterocycles. The molecule has 1 atom stereocenters. The molecule has 0 saturated carbocycles. The lowest BCUT2D eigenvalue weighted by Crippen LogP contribution is -2.29. The van der Waals surface area contributed by atoms with Crippen molar-refractivity contribution in [2.75, 3.05) is 19.7 Å². The Kier molecular flexibility index (Phi) is 4.96. The van der Waals surface area contributed by atoms with Crippen molar-refractivity contribution < 1.29 is 9.84 Å². The molecular formula is C22H23NO2S. The zero-order chi connectivity index (χ0) is 17.9. The Bertz CT molecular complexity index is 861. The van der Waals surface area contributed by atoms with Gasteiger partial charge in [-0.05, 0) is 40.6 Å². The molecule has 3 aromatic rings. The molecular weight excluding hydrogens is 342 g/mol. The summed E-state index contributed by atoms with van der Waals surface area (Å²) in [6.07, 6.45) is 0. The third kappa shape index (κ3) is 3.62. The second-order valence-corrected chi connectivity index (χ2v) is 7.80. The van der Waals surface area contributed by atoms with Crippen molar-refractivity contribution in [2.45, 2.75) is 19.4 Å². The number of thiophene rings is 1. The number of nitrogens with zero attached hydrogens (tertiary/aromatic N) is 1. The Hall–Kier alpha value is -2.30. The summed E-state index contributed by atoms with van der Waals surface area (Å²) in [6, 6.07) is 18.7. The fourth-order valence-corrected chi connectivity index (χ4v) is 4.28. The van der Waals surface area contributed by atoms with Crippen LogP contribution in [0.15, 0.2) is 60.0 Å². The minimum atomic E-state index is 0.240. The van der Waals surface area contributed by atoms with Crippen LogP contribution in [0.2, 0.25) is 0 Å². The maximum atomic E-state index is 10.5. The lowest BCUT2D eigenvalue weighted by Gasteiger charge is -2.24. The van der Waals surface area contributed by atoms with Crippen LogP contribution in [0.4, 0.5) is 0 Å². The monoisotopic (exact) mass is 365 g/mol. The standard InChI is InChI=1S/C22H23NO2S/c1-16(17-6-3-2-4-7-17)14-23-9-10-25-22-19(15-23)12-18(13-20(22)24)21-8-5-11-26-21/h2-8,11-13,16,24H,9-10,14-15H2,1H3/t16-/m0/s1. The summed E-state index contributed by atoms with van der Waals surface area (Å²) in [6.45, 7) is 5.48. The van der Waals surface area contributed by atoms with Gasteiger partial charge >= 0.3 is 0 Å². The van der Waals surface area contributed by atoms with Crippen LogP contribution in [-0.4, -0.2) is 29.7 Å². The van der Waals surface area contributed by atoms with Crippen molar-refractivity contribution in [1.82, 2.24) is 4.90 Å². The smallest absolute Gasteiger partial charge is 0.165 e. The Labute approximate surface area is 158 Å². The average molecular weight is 365 g/mol. The number of fused-ring (bicyclic) bond motifs is 1. The van der Waals surface area contributed by atoms with Crippen molar-refractivity contribution >= 4 is 11.3 Å². The van der Waals surface area contributed by atoms with E-state index in [0.717, 1.165) is 35.6 Å². The van der Waals surface area contributed by atoms with Gasteiger partial charge in [-0.15, -0.1) is 11.3 Å². The Balaban J connectivity index is 1.57. The van der Waals surface area contributed by atoms with Crippen molar-refractivity contribution in [3.8, 4) is 21.9 Å². The molecule has 0 unspecified atom stereocenters. The van der Waals surface area contributed by atoms with Gasteiger partial charge in [0.15, 0.2) is 11.5 Å². The number of rotatable bonds is 4. The zero-order valence-electron chi connectivity index (χ0n) is 14.9. The van der Waals surface area contributed by atoms with Gasteiger partial charge in [0.2, 0.25) is 0 Å². The summed E-state index contributed by atoms with van der Waals surface area (Å²) in [7, 11) is 0. The van der Waals surface area contributed by atoms with E-state index in [1.54, 1.807) is 11.3 Å². The summed E-state index contributed by atoms with van der Waals surface area (Å²) >= 11 is 1.68. The number of hydrogen-bond acceptors (Lipinski definition) is 4. The SMILES string of the molecule is C[C@@H](CN1CCOc2c(O)cc(-c3cccs3)cc2C1)c1ccccc1. The number of phenols is 1. The van der Waals surface area contributed by atoms with Gasteiger partial charge < -0.3 is 9.84 Å². The van der Waals surface area contributed by atoms with Gasteiger partial charge in [0.1, 0.15) is 6.61 Å². The summed E-state index contributed by atoms with van der Waals surface area (Å²) in [4.78, 5) is 3.58. The van der Waals surface area contributed by atoms with Crippen LogP contribution in [-0.2, 0) is 6.54 Å². The largest absolute Gasteiger partial charge is 0.504 e. The van der Waals surface area contributed by atoms with Crippen molar-refractivity contribution in [3.05, 3.63) is 71.1 Å². The van der Waals surface area contributed by atoms with Crippen LogP contribution >= 0.6 is 11.3 Å². The van der Waals surface area contributed by atoms with Crippen molar-refractivity contribution in [3.63, 3.8) is 0 Å². The fraction of sp³-hybridized carbons (Fsp3) is 0.273. The number of aromatic hydroxyl groups is 1. The van der Waals surface area contributed by atoms with E-state index in [9.17, 15) is 5.11 Å². The van der Waals surface area contributed by atoms with E-state index in [1.165, 1.54) is 5.56 Å². The molecule has 0 fully saturated rings. The molecule has 3 nitrogen and oxygen atoms in total. The third-order valence-corrected chi connectivity index (χ3v) is 5.82. The van der Waals surface area contributed by atoms with E-state index < -0.39 is 0 Å². The van der Waals surface area contributed by atoms with E-state index in [2.05, 4.69) is 59.7 Å². The van der Waals surface area contributed by atoms with Gasteiger partial charge in [-0.1, -0.05) is 43.3 Å². The molecule has 0 amide bonds. The average Bonchev–Trinajstić information content (AvgIpc) is 3.11. The Morgan fingerprint density at radius 1 is 1.15 bits per heavy atom. The lowest BCUT2D eigenvalue weighted by atomic mass is 10.00. The van der Waals surface area contributed by atoms with Crippen molar-refractivity contribution in [1.29, 1.82) is 0 Å². The van der Waals surface area contributed by atoms with Crippen LogP contribution in [0, 0.1) is 0 Å². The lowest BCUT2D eigenvalue weighted by molar-refractivity contribution is 0.216. The molecule has 26 heavy (non-hydrogen) atoms. The quantitative estimate of drug-likeness (QED) is 0.697. The summed E-state index contributed by atoms with van der Waals surface area (Å²) in [5, 5.41) is 12.5. The molecule has 1 aliphatic heterocycles. The number of hydrogen-bond donors (Lipinski definition) is 1. The second-order valence-electron chi connectivity index (χ2n) is 6.86. The third-order valence-electron chi connectivity index (χ3n) is 4.90. The molecule has 2 aromatic carbocycles. The van der Waals surface area contributed by atoms with Crippen molar-refractivity contribution in [2.24, 2.45) is 0 Å². The Morgan fingerprint density at radius 2 is 2.00 bits per heavy atom. The van der Waals surface area contributed by atoms with Crippen LogP contribution in [0.25, 0.3) is 10.4 Å². The zero-order valence-corrected chi connectivity index (χ0v) is 15.7. The van der Waals surface area contributed by atoms with Gasteiger partial charge in [0.05, 0.1) is 0 Å². The van der Waals surface area contributed by atoms with Crippen LogP contribution in [0.3, 0.4) is 0 Å². The molecule has 1 aliphatic rings. The molecule has 4 heteroatoms. The summed E-state index contributed by atoms with van der Waals surface area (Å²) in [5.41, 5.74) is 3.47. The number of benzene rings is 2. The molecule has 1 aromatic heterocycles. The van der Waals surface area contributed by atoms with Gasteiger partial charge in [-0.3, -0.25) is 4.90 Å². The highest BCUT2D eigenvalue weighted by atomic mass is 32.1. The topological polar surface area (TPSA) is 32.7 Å². The number of ether oxygens (including phenoxy) is 1. The fourth-order valence-electron chi connectivity index (χ4n) is 3.57. The molecule has 4 rings (SSSR count). The van der Waals surface area contributed by atoms with E-state index in [1.807, 2.05) is 12.1 Å². The van der Waals surface area contributed by atoms with Crippen LogP contribution in [0.5, 0.6) is 11.5 Å². The predicted molar refractivity (Wildman–Crippen MR) is 107 cm³/mol. The minimum Gasteiger partial charge on any atom is -0.504 e. The van der Waals surface area contributed by atoms with Gasteiger partial charge in [-0.2, -0.15) is 0 Å². The number of phenolic OH excluding ortho intramolecular Hbond substituents is 1. The van der Waals surface area contributed by atoms with E-state index >= 15 is 0 Å². The van der Waals surface area contributed by atoms with E-state index in [0.29, 0.717) is 18.3 Å². The molecule has 0 radical (unpaired) electrons. The molecule has 0 bridgehead atoms. The first kappa shape index (κ1) is 17.1. The van der Waals surface area contributed by atoms with Gasteiger partial charge in [0.25, 0.3) is 0 Å². The first-order chi connectivity index (χ1) is 12.7. The van der Waals surface area contributed by atoms with Gasteiger partial charge in [0, 0.05) is 30.1 Å². The molecule has 1 N–H and O–H groups in total. The summed E-state index contributed by atoms with van der Waals surface area (Å²) in [5.74, 6) is 1.33. The highest BCUT2D eigenvalue weighted by Crippen LogP contribution is 2.39. The first-order valence-electron chi connectivity index (χ1n) is 9.00.